The van der Waals surface area contributed by atoms with Gasteiger partial charge in [0.2, 0.25) is 0 Å². The number of carbonyl (C=O) groups is 1. The topological polar surface area (TPSA) is 79.4 Å². The predicted molar refractivity (Wildman–Crippen MR) is 88.0 cm³/mol. The Morgan fingerprint density at radius 2 is 2.04 bits per heavy atom. The number of pyridine rings is 1. The van der Waals surface area contributed by atoms with Crippen LogP contribution in [0.5, 0.6) is 5.75 Å². The minimum absolute atomic E-state index is 0.149. The molecule has 5 nitrogen and oxygen atoms in total. The van der Waals surface area contributed by atoms with E-state index in [0.29, 0.717) is 16.8 Å². The number of aromatic amines is 1. The van der Waals surface area contributed by atoms with E-state index in [2.05, 4.69) is 4.98 Å². The Bertz CT molecular complexity index is 787. The standard InChI is InChI=1S/C18H21NO4/c1-2-23-18(22)15-16(20)13-9-8-12(10-14(13)19-17(15)21)11-6-4-3-5-7-11/h8-11H,2-7H2,1H3,(H2,19,20,21). The van der Waals surface area contributed by atoms with Gasteiger partial charge in [-0.25, -0.2) is 4.79 Å². The van der Waals surface area contributed by atoms with Crippen molar-refractivity contribution in [3.63, 3.8) is 0 Å². The molecule has 1 heterocycles. The zero-order valence-electron chi connectivity index (χ0n) is 13.2. The first kappa shape index (κ1) is 15.6. The fourth-order valence-electron chi connectivity index (χ4n) is 3.38. The zero-order valence-corrected chi connectivity index (χ0v) is 13.2. The highest BCUT2D eigenvalue weighted by Gasteiger charge is 2.21. The molecule has 5 heteroatoms. The normalized spacial score (nSPS) is 15.7. The van der Waals surface area contributed by atoms with E-state index in [1.165, 1.54) is 24.8 Å². The quantitative estimate of drug-likeness (QED) is 0.850. The molecule has 1 saturated carbocycles. The number of nitrogens with one attached hydrogen (secondary N) is 1. The summed E-state index contributed by atoms with van der Waals surface area (Å²) in [6, 6.07) is 5.67. The predicted octanol–water partition coefficient (Wildman–Crippen LogP) is 3.46. The van der Waals surface area contributed by atoms with Crippen LogP contribution in [-0.2, 0) is 4.74 Å². The van der Waals surface area contributed by atoms with Crippen molar-refractivity contribution in [3.8, 4) is 5.75 Å². The molecule has 1 aromatic heterocycles. The lowest BCUT2D eigenvalue weighted by atomic mass is 9.84. The largest absolute Gasteiger partial charge is 0.506 e. The third kappa shape index (κ3) is 2.96. The Kier molecular flexibility index (Phi) is 4.37. The molecule has 0 amide bonds. The lowest BCUT2D eigenvalue weighted by Gasteiger charge is -2.22. The molecule has 122 valence electrons. The maximum Gasteiger partial charge on any atom is 0.347 e. The van der Waals surface area contributed by atoms with Crippen LogP contribution in [-0.4, -0.2) is 22.7 Å². The molecule has 0 atom stereocenters. The van der Waals surface area contributed by atoms with E-state index in [-0.39, 0.29) is 17.9 Å². The van der Waals surface area contributed by atoms with Gasteiger partial charge < -0.3 is 14.8 Å². The van der Waals surface area contributed by atoms with Crippen LogP contribution in [0, 0.1) is 0 Å². The van der Waals surface area contributed by atoms with Gasteiger partial charge in [0, 0.05) is 5.39 Å². The maximum absolute atomic E-state index is 12.1. The summed E-state index contributed by atoms with van der Waals surface area (Å²) in [5.74, 6) is -0.606. The molecule has 0 saturated heterocycles. The molecule has 0 bridgehead atoms. The summed E-state index contributed by atoms with van der Waals surface area (Å²) in [5.41, 5.74) is 0.791. The average molecular weight is 315 g/mol. The lowest BCUT2D eigenvalue weighted by Crippen LogP contribution is -2.20. The van der Waals surface area contributed by atoms with Crippen LogP contribution in [0.1, 0.15) is 60.9 Å². The Hall–Kier alpha value is -2.30. The highest BCUT2D eigenvalue weighted by Crippen LogP contribution is 2.35. The molecule has 0 radical (unpaired) electrons. The summed E-state index contributed by atoms with van der Waals surface area (Å²) in [7, 11) is 0. The Balaban J connectivity index is 2.06. The molecule has 2 aromatic rings. The molecule has 1 aromatic carbocycles. The van der Waals surface area contributed by atoms with E-state index in [1.54, 1.807) is 13.0 Å². The number of ether oxygens (including phenoxy) is 1. The van der Waals surface area contributed by atoms with Crippen molar-refractivity contribution >= 4 is 16.9 Å². The molecule has 2 N–H and O–H groups in total. The maximum atomic E-state index is 12.1. The number of fused-ring (bicyclic) bond motifs is 1. The van der Waals surface area contributed by atoms with Crippen LogP contribution >= 0.6 is 0 Å². The SMILES string of the molecule is CCOC(=O)c1c(O)c2ccc(C3CCCCC3)cc2[nH]c1=O. The number of hydrogen-bond acceptors (Lipinski definition) is 4. The number of hydrogen-bond donors (Lipinski definition) is 2. The van der Waals surface area contributed by atoms with Gasteiger partial charge in [-0.2, -0.15) is 0 Å². The van der Waals surface area contributed by atoms with Gasteiger partial charge in [0.05, 0.1) is 12.1 Å². The summed E-state index contributed by atoms with van der Waals surface area (Å²) in [5, 5.41) is 10.8. The third-order valence-electron chi connectivity index (χ3n) is 4.57. The Labute approximate surface area is 134 Å². The summed E-state index contributed by atoms with van der Waals surface area (Å²) < 4.78 is 4.84. The highest BCUT2D eigenvalue weighted by molar-refractivity contribution is 5.99. The molecule has 3 rings (SSSR count). The molecule has 0 unspecified atom stereocenters. The fourth-order valence-corrected chi connectivity index (χ4v) is 3.38. The average Bonchev–Trinajstić information content (AvgIpc) is 2.55. The van der Waals surface area contributed by atoms with Crippen LogP contribution in [0.3, 0.4) is 0 Å². The number of benzene rings is 1. The molecule has 0 spiro atoms. The van der Waals surface area contributed by atoms with Gasteiger partial charge in [-0.3, -0.25) is 4.79 Å². The number of carbonyl (C=O) groups excluding carboxylic acids is 1. The van der Waals surface area contributed by atoms with Gasteiger partial charge in [0.25, 0.3) is 5.56 Å². The molecule has 1 fully saturated rings. The smallest absolute Gasteiger partial charge is 0.347 e. The summed E-state index contributed by atoms with van der Waals surface area (Å²) in [6.07, 6.45) is 6.05. The van der Waals surface area contributed by atoms with Crippen LogP contribution in [0.25, 0.3) is 10.9 Å². The lowest BCUT2D eigenvalue weighted by molar-refractivity contribution is 0.0521. The van der Waals surface area contributed by atoms with E-state index in [0.717, 1.165) is 12.8 Å². The van der Waals surface area contributed by atoms with Gasteiger partial charge in [0.1, 0.15) is 5.75 Å². The zero-order chi connectivity index (χ0) is 16.4. The summed E-state index contributed by atoms with van der Waals surface area (Å²) in [6.45, 7) is 1.80. The van der Waals surface area contributed by atoms with Crippen molar-refractivity contribution in [2.24, 2.45) is 0 Å². The molecular weight excluding hydrogens is 294 g/mol. The second-order valence-electron chi connectivity index (χ2n) is 6.04. The van der Waals surface area contributed by atoms with E-state index in [4.69, 9.17) is 4.74 Å². The first-order valence-corrected chi connectivity index (χ1v) is 8.17. The summed E-state index contributed by atoms with van der Waals surface area (Å²) in [4.78, 5) is 26.7. The molecule has 23 heavy (non-hydrogen) atoms. The van der Waals surface area contributed by atoms with Crippen LogP contribution < -0.4 is 5.56 Å². The van der Waals surface area contributed by atoms with Gasteiger partial charge >= 0.3 is 5.97 Å². The van der Waals surface area contributed by atoms with E-state index in [9.17, 15) is 14.7 Å². The van der Waals surface area contributed by atoms with Crippen molar-refractivity contribution < 1.29 is 14.6 Å². The molecule has 0 aliphatic heterocycles. The molecular formula is C18H21NO4. The van der Waals surface area contributed by atoms with Crippen molar-refractivity contribution in [2.45, 2.75) is 44.9 Å². The minimum Gasteiger partial charge on any atom is -0.506 e. The third-order valence-corrected chi connectivity index (χ3v) is 4.57. The molecule has 1 aliphatic rings. The van der Waals surface area contributed by atoms with Crippen molar-refractivity contribution in [1.82, 2.24) is 4.98 Å². The van der Waals surface area contributed by atoms with E-state index in [1.807, 2.05) is 12.1 Å². The Morgan fingerprint density at radius 1 is 1.30 bits per heavy atom. The minimum atomic E-state index is -0.801. The summed E-state index contributed by atoms with van der Waals surface area (Å²) >= 11 is 0. The second-order valence-corrected chi connectivity index (χ2v) is 6.04. The molecule has 1 aliphatic carbocycles. The number of aromatic hydroxyl groups is 1. The number of aromatic nitrogens is 1. The first-order valence-electron chi connectivity index (χ1n) is 8.17. The van der Waals surface area contributed by atoms with Gasteiger partial charge in [-0.1, -0.05) is 25.3 Å². The second kappa shape index (κ2) is 6.44. The monoisotopic (exact) mass is 315 g/mol. The first-order chi connectivity index (χ1) is 11.1. The fraction of sp³-hybridized carbons (Fsp3) is 0.444. The van der Waals surface area contributed by atoms with Gasteiger partial charge in [-0.05, 0) is 43.4 Å². The van der Waals surface area contributed by atoms with Crippen LogP contribution in [0.4, 0.5) is 0 Å². The van der Waals surface area contributed by atoms with Gasteiger partial charge in [0.15, 0.2) is 5.56 Å². The highest BCUT2D eigenvalue weighted by atomic mass is 16.5. The van der Waals surface area contributed by atoms with Crippen LogP contribution in [0.2, 0.25) is 0 Å². The van der Waals surface area contributed by atoms with Crippen molar-refractivity contribution in [1.29, 1.82) is 0 Å². The number of esters is 1. The van der Waals surface area contributed by atoms with E-state index < -0.39 is 11.5 Å². The number of H-pyrrole nitrogens is 1. The van der Waals surface area contributed by atoms with Crippen molar-refractivity contribution in [3.05, 3.63) is 39.7 Å². The van der Waals surface area contributed by atoms with Crippen molar-refractivity contribution in [2.75, 3.05) is 6.61 Å². The van der Waals surface area contributed by atoms with Crippen LogP contribution in [0.15, 0.2) is 23.0 Å². The Morgan fingerprint density at radius 3 is 2.74 bits per heavy atom. The number of rotatable bonds is 3. The van der Waals surface area contributed by atoms with Gasteiger partial charge in [-0.15, -0.1) is 0 Å². The van der Waals surface area contributed by atoms with E-state index >= 15 is 0 Å².